The summed E-state index contributed by atoms with van der Waals surface area (Å²) in [6.07, 6.45) is 0. The van der Waals surface area contributed by atoms with Crippen LogP contribution in [0.15, 0.2) is 209 Å². The van der Waals surface area contributed by atoms with E-state index < -0.39 is 0 Å². The van der Waals surface area contributed by atoms with E-state index in [0.29, 0.717) is 16.7 Å². The molecule has 0 spiro atoms. The van der Waals surface area contributed by atoms with Gasteiger partial charge in [-0.3, -0.25) is 0 Å². The average molecular weight is 954 g/mol. The molecule has 13 rings (SSSR count). The minimum Gasteiger partial charge on any atom is -0.454 e. The average Bonchev–Trinajstić information content (AvgIpc) is 3.96. The van der Waals surface area contributed by atoms with Crippen molar-refractivity contribution in [1.82, 2.24) is 0 Å². The number of hydrogen-bond donors (Lipinski definition) is 0. The normalized spacial score (nSPS) is 11.6. The fraction of sp³-hybridized carbons (Fsp3) is 0.0870. The molecule has 5 heteroatoms. The number of furan rings is 2. The second-order valence-corrected chi connectivity index (χ2v) is 20.0. The maximum absolute atomic E-state index is 10.9. The van der Waals surface area contributed by atoms with Crippen LogP contribution in [-0.4, -0.2) is 0 Å². The van der Waals surface area contributed by atoms with Crippen molar-refractivity contribution in [3.8, 4) is 28.3 Å². The summed E-state index contributed by atoms with van der Waals surface area (Å²) in [5, 5.41) is 18.8. The van der Waals surface area contributed by atoms with E-state index in [4.69, 9.17) is 8.83 Å². The third-order valence-corrected chi connectivity index (χ3v) is 15.1. The van der Waals surface area contributed by atoms with Gasteiger partial charge in [-0.05, 0) is 185 Å². The predicted octanol–water partition coefficient (Wildman–Crippen LogP) is 19.8. The lowest BCUT2D eigenvalue weighted by molar-refractivity contribution is 0.654. The number of rotatable bonds is 8. The molecular weight excluding hydrogens is 903 g/mol. The van der Waals surface area contributed by atoms with Gasteiger partial charge in [0, 0.05) is 44.3 Å². The third-order valence-electron chi connectivity index (χ3n) is 15.1. The molecule has 0 aliphatic carbocycles. The fourth-order valence-corrected chi connectivity index (χ4v) is 11.4. The Balaban J connectivity index is 0.935. The van der Waals surface area contributed by atoms with Crippen molar-refractivity contribution in [3.63, 3.8) is 0 Å². The second kappa shape index (κ2) is 17.4. The van der Waals surface area contributed by atoms with Crippen LogP contribution in [0.4, 0.5) is 34.1 Å². The zero-order valence-electron chi connectivity index (χ0n) is 42.2. The molecule has 2 heterocycles. The van der Waals surface area contributed by atoms with Crippen LogP contribution in [0.25, 0.3) is 87.7 Å². The molecule has 74 heavy (non-hydrogen) atoms. The van der Waals surface area contributed by atoms with Crippen LogP contribution in [0.1, 0.15) is 38.9 Å². The highest BCUT2D eigenvalue weighted by molar-refractivity contribution is 6.21. The van der Waals surface area contributed by atoms with Crippen molar-refractivity contribution in [1.29, 1.82) is 5.26 Å². The second-order valence-electron chi connectivity index (χ2n) is 20.0. The summed E-state index contributed by atoms with van der Waals surface area (Å²) in [5.41, 5.74) is 21.3. The van der Waals surface area contributed by atoms with Crippen LogP contribution in [0.2, 0.25) is 0 Å². The minimum atomic E-state index is 0.393. The van der Waals surface area contributed by atoms with Gasteiger partial charge >= 0.3 is 0 Å². The van der Waals surface area contributed by atoms with Gasteiger partial charge in [0.25, 0.3) is 0 Å². The lowest BCUT2D eigenvalue weighted by Gasteiger charge is -2.30. The highest BCUT2D eigenvalue weighted by atomic mass is 16.3. The Morgan fingerprint density at radius 2 is 0.757 bits per heavy atom. The van der Waals surface area contributed by atoms with Crippen LogP contribution in [0.5, 0.6) is 0 Å². The molecule has 0 aliphatic heterocycles. The molecule has 13 aromatic rings. The number of nitrogens with zero attached hydrogens (tertiary/aromatic N) is 3. The summed E-state index contributed by atoms with van der Waals surface area (Å²) in [4.78, 5) is 4.80. The first kappa shape index (κ1) is 44.6. The van der Waals surface area contributed by atoms with Gasteiger partial charge in [-0.15, -0.1) is 0 Å². The summed E-state index contributed by atoms with van der Waals surface area (Å²) in [6, 6.07) is 74.3. The van der Waals surface area contributed by atoms with Crippen molar-refractivity contribution in [2.24, 2.45) is 0 Å². The van der Waals surface area contributed by atoms with Crippen LogP contribution in [0, 0.1) is 52.9 Å². The Labute approximate surface area is 430 Å². The fourth-order valence-electron chi connectivity index (χ4n) is 11.4. The number of benzene rings is 11. The first-order valence-corrected chi connectivity index (χ1v) is 25.3. The molecule has 11 aromatic carbocycles. The van der Waals surface area contributed by atoms with Crippen LogP contribution in [-0.2, 0) is 0 Å². The lowest BCUT2D eigenvalue weighted by atomic mass is 9.98. The van der Waals surface area contributed by atoms with E-state index in [-0.39, 0.29) is 0 Å². The topological polar surface area (TPSA) is 56.6 Å². The van der Waals surface area contributed by atoms with Gasteiger partial charge in [0.1, 0.15) is 22.8 Å². The summed E-state index contributed by atoms with van der Waals surface area (Å²) < 4.78 is 13.5. The lowest BCUT2D eigenvalue weighted by Crippen LogP contribution is -2.14. The van der Waals surface area contributed by atoms with E-state index in [2.05, 4.69) is 258 Å². The van der Waals surface area contributed by atoms with E-state index in [1.54, 1.807) is 0 Å². The number of hydrogen-bond acceptors (Lipinski definition) is 5. The number of fused-ring (bicyclic) bond motifs is 8. The van der Waals surface area contributed by atoms with Crippen molar-refractivity contribution in [3.05, 3.63) is 239 Å². The smallest absolute Gasteiger partial charge is 0.157 e. The molecule has 354 valence electrons. The Kier molecular flexibility index (Phi) is 10.5. The molecule has 5 nitrogen and oxygen atoms in total. The number of aryl methyl sites for hydroxylation is 6. The van der Waals surface area contributed by atoms with E-state index in [9.17, 15) is 5.26 Å². The molecule has 0 atom stereocenters. The first-order valence-electron chi connectivity index (χ1n) is 25.3. The monoisotopic (exact) mass is 953 g/mol. The van der Waals surface area contributed by atoms with Crippen LogP contribution < -0.4 is 9.80 Å². The van der Waals surface area contributed by atoms with Gasteiger partial charge in [-0.1, -0.05) is 133 Å². The number of para-hydroxylation sites is 2. The minimum absolute atomic E-state index is 0.393. The molecule has 0 aliphatic rings. The molecule has 0 N–H and O–H groups in total. The Bertz CT molecular complexity index is 4140. The van der Waals surface area contributed by atoms with Gasteiger partial charge < -0.3 is 18.6 Å². The van der Waals surface area contributed by atoms with E-state index >= 15 is 0 Å². The van der Waals surface area contributed by atoms with Gasteiger partial charge in [-0.2, -0.15) is 5.26 Å². The summed E-state index contributed by atoms with van der Waals surface area (Å²) >= 11 is 0. The molecule has 0 amide bonds. The van der Waals surface area contributed by atoms with Crippen LogP contribution in [0.3, 0.4) is 0 Å². The first-order chi connectivity index (χ1) is 36.1. The molecule has 0 saturated heterocycles. The number of nitriles is 1. The molecule has 0 fully saturated rings. The van der Waals surface area contributed by atoms with Crippen LogP contribution >= 0.6 is 0 Å². The van der Waals surface area contributed by atoms with Gasteiger partial charge in [0.05, 0.1) is 11.4 Å². The largest absolute Gasteiger partial charge is 0.454 e. The summed E-state index contributed by atoms with van der Waals surface area (Å²) in [6.45, 7) is 13.1. The van der Waals surface area contributed by atoms with Gasteiger partial charge in [0.15, 0.2) is 11.2 Å². The summed E-state index contributed by atoms with van der Waals surface area (Å²) in [7, 11) is 0. The Morgan fingerprint density at radius 3 is 1.16 bits per heavy atom. The molecule has 0 unspecified atom stereocenters. The zero-order valence-corrected chi connectivity index (χ0v) is 42.2. The molecule has 0 bridgehead atoms. The van der Waals surface area contributed by atoms with Crippen molar-refractivity contribution < 1.29 is 8.83 Å². The zero-order chi connectivity index (χ0) is 50.4. The Morgan fingerprint density at radius 1 is 0.338 bits per heavy atom. The van der Waals surface area contributed by atoms with E-state index in [0.717, 1.165) is 99.5 Å². The highest BCUT2D eigenvalue weighted by Crippen LogP contribution is 2.47. The van der Waals surface area contributed by atoms with Crippen molar-refractivity contribution in [2.45, 2.75) is 41.5 Å². The Hall–Kier alpha value is -9.37. The van der Waals surface area contributed by atoms with E-state index in [1.807, 2.05) is 0 Å². The quantitative estimate of drug-likeness (QED) is 0.152. The van der Waals surface area contributed by atoms with Gasteiger partial charge in [0.2, 0.25) is 0 Å². The molecule has 2 aromatic heterocycles. The SMILES string of the molecule is Cc1ccc(-c2ccccc2)cc1N(c1ccc2cc3c(cc2c1)oc1c(C#N)c2oc4cc5cc(N(c6cc(-c7ccccc7)ccc6C)c6c(C)cccc6C)ccc5cc4c2cc13)c1c(C)cccc1C. The molecule has 0 radical (unpaired) electrons. The standard InChI is InChI=1S/C69H51N3O2/c1-41-23-25-51(47-19-9-7-10-20-47)35-62(41)71(66-43(3)15-13-16-44(66)4)55-29-27-49-33-57-59-39-60-58-34-50-28-30-56(32-54(50)38-65(58)74-69(60)61(40-70)68(59)73-64(57)37-53(49)31-55)72(67-45(5)17-14-18-46(67)6)63-36-52(26-24-42(63)2)48-21-11-8-12-22-48/h7-39H,1-6H3. The maximum atomic E-state index is 10.9. The van der Waals surface area contributed by atoms with E-state index in [1.165, 1.54) is 44.5 Å². The molecular formula is C69H51N3O2. The predicted molar refractivity (Wildman–Crippen MR) is 309 cm³/mol. The summed E-state index contributed by atoms with van der Waals surface area (Å²) in [5.74, 6) is 0. The maximum Gasteiger partial charge on any atom is 0.157 e. The number of anilines is 6. The van der Waals surface area contributed by atoms with Crippen molar-refractivity contribution in [2.75, 3.05) is 9.80 Å². The van der Waals surface area contributed by atoms with Crippen molar-refractivity contribution >= 4 is 99.5 Å². The third kappa shape index (κ3) is 7.29. The van der Waals surface area contributed by atoms with Gasteiger partial charge in [-0.25, -0.2) is 0 Å². The highest BCUT2D eigenvalue weighted by Gasteiger charge is 2.25. The molecule has 0 saturated carbocycles.